The van der Waals surface area contributed by atoms with Gasteiger partial charge in [-0.15, -0.1) is 0 Å². The van der Waals surface area contributed by atoms with E-state index in [4.69, 9.17) is 5.73 Å². The standard InChI is InChI=1S/C8H14F3N3O/c1-7(2)5(8(9,10)11)13-3-4-14(7)6(12)15/h5,13H,3-4H2,1-2H3,(H2,12,15). The third-order valence-electron chi connectivity index (χ3n) is 2.68. The fourth-order valence-electron chi connectivity index (χ4n) is 1.92. The number of carbonyl (C=O) groups excluding carboxylic acids is 1. The second-order valence-electron chi connectivity index (χ2n) is 4.07. The molecule has 0 aromatic rings. The zero-order valence-electron chi connectivity index (χ0n) is 8.56. The highest BCUT2D eigenvalue weighted by Gasteiger charge is 2.53. The summed E-state index contributed by atoms with van der Waals surface area (Å²) < 4.78 is 37.9. The van der Waals surface area contributed by atoms with E-state index in [9.17, 15) is 18.0 Å². The van der Waals surface area contributed by atoms with Gasteiger partial charge < -0.3 is 16.0 Å². The first-order valence-corrected chi connectivity index (χ1v) is 4.54. The second kappa shape index (κ2) is 3.55. The van der Waals surface area contributed by atoms with Crippen molar-refractivity contribution in [3.63, 3.8) is 0 Å². The number of piperazine rings is 1. The average Bonchev–Trinajstić information content (AvgIpc) is 1.99. The summed E-state index contributed by atoms with van der Waals surface area (Å²) >= 11 is 0. The molecule has 15 heavy (non-hydrogen) atoms. The number of urea groups is 1. The van der Waals surface area contributed by atoms with Crippen molar-refractivity contribution in [3.05, 3.63) is 0 Å². The smallest absolute Gasteiger partial charge is 0.351 e. The molecule has 4 nitrogen and oxygen atoms in total. The second-order valence-corrected chi connectivity index (χ2v) is 4.07. The number of hydrogen-bond donors (Lipinski definition) is 2. The molecule has 88 valence electrons. The van der Waals surface area contributed by atoms with Crippen molar-refractivity contribution in [1.29, 1.82) is 0 Å². The molecule has 1 saturated heterocycles. The van der Waals surface area contributed by atoms with Gasteiger partial charge in [0, 0.05) is 13.1 Å². The van der Waals surface area contributed by atoms with Gasteiger partial charge in [-0.1, -0.05) is 0 Å². The predicted octanol–water partition coefficient (Wildman–Crippen LogP) is 0.680. The molecule has 1 atom stereocenters. The van der Waals surface area contributed by atoms with Crippen LogP contribution in [0, 0.1) is 0 Å². The van der Waals surface area contributed by atoms with E-state index in [1.165, 1.54) is 13.8 Å². The van der Waals surface area contributed by atoms with Crippen LogP contribution in [0.3, 0.4) is 0 Å². The Balaban J connectivity index is 2.97. The van der Waals surface area contributed by atoms with Gasteiger partial charge in [-0.05, 0) is 13.8 Å². The minimum atomic E-state index is -4.39. The van der Waals surface area contributed by atoms with Crippen molar-refractivity contribution in [2.45, 2.75) is 31.6 Å². The number of halogens is 3. The molecule has 1 rings (SSSR count). The molecule has 1 fully saturated rings. The van der Waals surface area contributed by atoms with Crippen molar-refractivity contribution >= 4 is 6.03 Å². The van der Waals surface area contributed by atoms with E-state index in [0.29, 0.717) is 0 Å². The first-order valence-electron chi connectivity index (χ1n) is 4.54. The molecule has 0 saturated carbocycles. The lowest BCUT2D eigenvalue weighted by molar-refractivity contribution is -0.186. The van der Waals surface area contributed by atoms with Crippen LogP contribution in [0.5, 0.6) is 0 Å². The first-order chi connectivity index (χ1) is 6.67. The van der Waals surface area contributed by atoms with Gasteiger partial charge in [-0.2, -0.15) is 13.2 Å². The lowest BCUT2D eigenvalue weighted by atomic mass is 9.89. The maximum absolute atomic E-state index is 12.6. The molecule has 3 N–H and O–H groups in total. The summed E-state index contributed by atoms with van der Waals surface area (Å²) in [6, 6.07) is -2.57. The van der Waals surface area contributed by atoms with Crippen molar-refractivity contribution in [1.82, 2.24) is 10.2 Å². The fourth-order valence-corrected chi connectivity index (χ4v) is 1.92. The van der Waals surface area contributed by atoms with Crippen LogP contribution in [-0.2, 0) is 0 Å². The molecule has 0 spiro atoms. The maximum atomic E-state index is 12.6. The van der Waals surface area contributed by atoms with E-state index in [0.717, 1.165) is 4.90 Å². The predicted molar refractivity (Wildman–Crippen MR) is 48.2 cm³/mol. The summed E-state index contributed by atoms with van der Waals surface area (Å²) in [7, 11) is 0. The Labute approximate surface area is 85.6 Å². The molecule has 1 unspecified atom stereocenters. The topological polar surface area (TPSA) is 58.4 Å². The number of carbonyl (C=O) groups is 1. The molecular weight excluding hydrogens is 211 g/mol. The minimum Gasteiger partial charge on any atom is -0.351 e. The molecule has 0 radical (unpaired) electrons. The van der Waals surface area contributed by atoms with Gasteiger partial charge in [0.15, 0.2) is 0 Å². The van der Waals surface area contributed by atoms with E-state index in [1.807, 2.05) is 0 Å². The van der Waals surface area contributed by atoms with Crippen molar-refractivity contribution < 1.29 is 18.0 Å². The highest BCUT2D eigenvalue weighted by molar-refractivity contribution is 5.73. The molecule has 1 heterocycles. The van der Waals surface area contributed by atoms with Crippen LogP contribution in [0.2, 0.25) is 0 Å². The normalized spacial score (nSPS) is 26.5. The number of hydrogen-bond acceptors (Lipinski definition) is 2. The Morgan fingerprint density at radius 2 is 2.07 bits per heavy atom. The number of alkyl halides is 3. The van der Waals surface area contributed by atoms with Crippen LogP contribution in [0.15, 0.2) is 0 Å². The van der Waals surface area contributed by atoms with Crippen LogP contribution in [0.1, 0.15) is 13.8 Å². The number of amides is 2. The quantitative estimate of drug-likeness (QED) is 0.637. The molecule has 0 aliphatic carbocycles. The summed E-state index contributed by atoms with van der Waals surface area (Å²) in [6.07, 6.45) is -4.39. The Bertz CT molecular complexity index is 264. The van der Waals surface area contributed by atoms with Crippen LogP contribution in [0.4, 0.5) is 18.0 Å². The molecule has 0 bridgehead atoms. The molecule has 0 aromatic heterocycles. The molecular formula is C8H14F3N3O. The zero-order chi connectivity index (χ0) is 11.9. The van der Waals surface area contributed by atoms with Gasteiger partial charge in [0.05, 0.1) is 5.54 Å². The highest BCUT2D eigenvalue weighted by atomic mass is 19.4. The summed E-state index contributed by atoms with van der Waals surface area (Å²) in [5.74, 6) is 0. The first kappa shape index (κ1) is 12.1. The van der Waals surface area contributed by atoms with E-state index in [2.05, 4.69) is 5.32 Å². The molecule has 0 aromatic carbocycles. The van der Waals surface area contributed by atoms with Crippen LogP contribution >= 0.6 is 0 Å². The molecule has 2 amide bonds. The minimum absolute atomic E-state index is 0.0938. The van der Waals surface area contributed by atoms with Crippen molar-refractivity contribution in [2.24, 2.45) is 5.73 Å². The fraction of sp³-hybridized carbons (Fsp3) is 0.875. The number of nitrogens with zero attached hydrogens (tertiary/aromatic N) is 1. The van der Waals surface area contributed by atoms with Crippen molar-refractivity contribution in [3.8, 4) is 0 Å². The van der Waals surface area contributed by atoms with E-state index < -0.39 is 23.8 Å². The lowest BCUT2D eigenvalue weighted by Gasteiger charge is -2.47. The van der Waals surface area contributed by atoms with E-state index in [1.54, 1.807) is 0 Å². The summed E-state index contributed by atoms with van der Waals surface area (Å²) in [5, 5.41) is 2.36. The summed E-state index contributed by atoms with van der Waals surface area (Å²) in [4.78, 5) is 12.0. The monoisotopic (exact) mass is 225 g/mol. The Morgan fingerprint density at radius 1 is 1.53 bits per heavy atom. The number of nitrogens with two attached hydrogens (primary N) is 1. The van der Waals surface area contributed by atoms with Crippen LogP contribution in [0.25, 0.3) is 0 Å². The third kappa shape index (κ3) is 2.17. The zero-order valence-corrected chi connectivity index (χ0v) is 8.56. The SMILES string of the molecule is CC1(C)C(C(F)(F)F)NCCN1C(N)=O. The summed E-state index contributed by atoms with van der Waals surface area (Å²) in [6.45, 7) is 2.98. The van der Waals surface area contributed by atoms with Crippen LogP contribution < -0.4 is 11.1 Å². The highest BCUT2D eigenvalue weighted by Crippen LogP contribution is 2.33. The Morgan fingerprint density at radius 3 is 2.47 bits per heavy atom. The number of rotatable bonds is 0. The molecule has 1 aliphatic heterocycles. The average molecular weight is 225 g/mol. The lowest BCUT2D eigenvalue weighted by Crippen LogP contribution is -2.70. The van der Waals surface area contributed by atoms with Gasteiger partial charge in [-0.25, -0.2) is 4.79 Å². The van der Waals surface area contributed by atoms with Gasteiger partial charge >= 0.3 is 12.2 Å². The van der Waals surface area contributed by atoms with Gasteiger partial charge in [0.25, 0.3) is 0 Å². The molecule has 7 heteroatoms. The van der Waals surface area contributed by atoms with E-state index in [-0.39, 0.29) is 13.1 Å². The maximum Gasteiger partial charge on any atom is 0.406 e. The third-order valence-corrected chi connectivity index (χ3v) is 2.68. The van der Waals surface area contributed by atoms with Gasteiger partial charge in [0.1, 0.15) is 6.04 Å². The van der Waals surface area contributed by atoms with Gasteiger partial charge in [0.2, 0.25) is 0 Å². The number of primary amides is 1. The largest absolute Gasteiger partial charge is 0.406 e. The summed E-state index contributed by atoms with van der Waals surface area (Å²) in [5.41, 5.74) is 3.68. The van der Waals surface area contributed by atoms with Gasteiger partial charge in [-0.3, -0.25) is 0 Å². The Hall–Kier alpha value is -0.980. The van der Waals surface area contributed by atoms with Crippen LogP contribution in [-0.4, -0.2) is 41.8 Å². The number of nitrogens with one attached hydrogen (secondary N) is 1. The molecule has 1 aliphatic rings. The van der Waals surface area contributed by atoms with E-state index >= 15 is 0 Å². The van der Waals surface area contributed by atoms with Crippen molar-refractivity contribution in [2.75, 3.05) is 13.1 Å². The Kier molecular flexibility index (Phi) is 2.86.